The number of fused-ring (bicyclic) bond motifs is 1. The first-order valence-corrected chi connectivity index (χ1v) is 9.62. The maximum atomic E-state index is 13.6. The van der Waals surface area contributed by atoms with Gasteiger partial charge in [-0.3, -0.25) is 9.67 Å². The summed E-state index contributed by atoms with van der Waals surface area (Å²) in [7, 11) is 1.87. The molecule has 0 saturated carbocycles. The van der Waals surface area contributed by atoms with E-state index in [1.807, 2.05) is 24.6 Å². The van der Waals surface area contributed by atoms with Crippen molar-refractivity contribution in [3.8, 4) is 22.6 Å². The summed E-state index contributed by atoms with van der Waals surface area (Å²) in [5.41, 5.74) is 4.58. The standard InChI is InChI=1S/C20H21FN8/c1-12(21)14-5-6-16(22-9-14)18-15(10-24-27(18)3)17-19-20(28-7-4-8-28)23-11-25-29(19)13(2)26-17/h5-6,9-12H,4,7-8H2,1-3H3. The van der Waals surface area contributed by atoms with Crippen molar-refractivity contribution in [2.75, 3.05) is 18.0 Å². The predicted molar refractivity (Wildman–Crippen MR) is 107 cm³/mol. The topological polar surface area (TPSA) is 77.0 Å². The average Bonchev–Trinajstić information content (AvgIpc) is 3.21. The van der Waals surface area contributed by atoms with Gasteiger partial charge in [-0.25, -0.2) is 18.9 Å². The number of rotatable bonds is 4. The highest BCUT2D eigenvalue weighted by atomic mass is 19.1. The van der Waals surface area contributed by atoms with Gasteiger partial charge in [-0.2, -0.15) is 10.2 Å². The van der Waals surface area contributed by atoms with Crippen LogP contribution in [-0.2, 0) is 7.05 Å². The van der Waals surface area contributed by atoms with Crippen LogP contribution in [-0.4, -0.2) is 47.4 Å². The summed E-state index contributed by atoms with van der Waals surface area (Å²) in [4.78, 5) is 16.1. The highest BCUT2D eigenvalue weighted by Crippen LogP contribution is 2.36. The van der Waals surface area contributed by atoms with Crippen molar-refractivity contribution in [1.29, 1.82) is 0 Å². The van der Waals surface area contributed by atoms with E-state index in [1.54, 1.807) is 29.5 Å². The highest BCUT2D eigenvalue weighted by Gasteiger charge is 2.26. The molecule has 0 amide bonds. The summed E-state index contributed by atoms with van der Waals surface area (Å²) in [5, 5.41) is 8.85. The molecule has 0 radical (unpaired) electrons. The van der Waals surface area contributed by atoms with E-state index in [9.17, 15) is 4.39 Å². The number of aryl methyl sites for hydroxylation is 2. The molecule has 4 aromatic heterocycles. The number of hydrogen-bond donors (Lipinski definition) is 0. The molecule has 0 aliphatic carbocycles. The van der Waals surface area contributed by atoms with Crippen LogP contribution >= 0.6 is 0 Å². The fraction of sp³-hybridized carbons (Fsp3) is 0.350. The van der Waals surface area contributed by atoms with Gasteiger partial charge in [0.05, 0.1) is 23.1 Å². The molecule has 4 aromatic rings. The Morgan fingerprint density at radius 2 is 1.93 bits per heavy atom. The Labute approximate surface area is 167 Å². The molecule has 1 aliphatic rings. The molecule has 1 saturated heterocycles. The van der Waals surface area contributed by atoms with E-state index in [4.69, 9.17) is 4.98 Å². The van der Waals surface area contributed by atoms with Crippen LogP contribution in [0.1, 0.15) is 30.9 Å². The molecular weight excluding hydrogens is 371 g/mol. The summed E-state index contributed by atoms with van der Waals surface area (Å²) >= 11 is 0. The van der Waals surface area contributed by atoms with E-state index in [-0.39, 0.29) is 0 Å². The number of imidazole rings is 1. The Hall–Kier alpha value is -3.36. The molecule has 5 rings (SSSR count). The molecule has 29 heavy (non-hydrogen) atoms. The second-order valence-corrected chi connectivity index (χ2v) is 7.32. The van der Waals surface area contributed by atoms with Crippen molar-refractivity contribution in [2.45, 2.75) is 26.4 Å². The Morgan fingerprint density at radius 3 is 2.59 bits per heavy atom. The van der Waals surface area contributed by atoms with Gasteiger partial charge >= 0.3 is 0 Å². The number of alkyl halides is 1. The van der Waals surface area contributed by atoms with Gasteiger partial charge in [-0.05, 0) is 26.3 Å². The van der Waals surface area contributed by atoms with Gasteiger partial charge in [0.2, 0.25) is 0 Å². The van der Waals surface area contributed by atoms with Gasteiger partial charge < -0.3 is 4.90 Å². The molecule has 1 aliphatic heterocycles. The molecule has 148 valence electrons. The van der Waals surface area contributed by atoms with Crippen LogP contribution in [0, 0.1) is 6.92 Å². The third-order valence-corrected chi connectivity index (χ3v) is 5.41. The molecule has 8 nitrogen and oxygen atoms in total. The first kappa shape index (κ1) is 17.7. The van der Waals surface area contributed by atoms with Crippen LogP contribution in [0.2, 0.25) is 0 Å². The molecule has 0 N–H and O–H groups in total. The molecule has 0 aromatic carbocycles. The Balaban J connectivity index is 1.71. The number of nitrogens with zero attached hydrogens (tertiary/aromatic N) is 8. The van der Waals surface area contributed by atoms with Gasteiger partial charge in [-0.1, -0.05) is 6.07 Å². The molecule has 1 unspecified atom stereocenters. The summed E-state index contributed by atoms with van der Waals surface area (Å²) in [5.74, 6) is 1.66. The van der Waals surface area contributed by atoms with Crippen molar-refractivity contribution < 1.29 is 4.39 Å². The van der Waals surface area contributed by atoms with Crippen molar-refractivity contribution in [2.24, 2.45) is 7.05 Å². The Bertz CT molecular complexity index is 1190. The van der Waals surface area contributed by atoms with Gasteiger partial charge in [0.25, 0.3) is 0 Å². The van der Waals surface area contributed by atoms with Crippen molar-refractivity contribution in [3.63, 3.8) is 0 Å². The SMILES string of the molecule is Cc1nc(-c2cnn(C)c2-c2ccc(C(C)F)cn2)c2c(N3CCC3)ncnn12. The van der Waals surface area contributed by atoms with E-state index in [0.29, 0.717) is 11.3 Å². The maximum absolute atomic E-state index is 13.6. The molecule has 0 spiro atoms. The summed E-state index contributed by atoms with van der Waals surface area (Å²) < 4.78 is 17.2. The van der Waals surface area contributed by atoms with Crippen LogP contribution in [0.25, 0.3) is 28.2 Å². The third-order valence-electron chi connectivity index (χ3n) is 5.41. The lowest BCUT2D eigenvalue weighted by atomic mass is 10.1. The number of anilines is 1. The largest absolute Gasteiger partial charge is 0.355 e. The van der Waals surface area contributed by atoms with Gasteiger partial charge in [-0.15, -0.1) is 0 Å². The van der Waals surface area contributed by atoms with E-state index in [1.165, 1.54) is 6.92 Å². The average molecular weight is 392 g/mol. The Kier molecular flexibility index (Phi) is 4.04. The van der Waals surface area contributed by atoms with Crippen LogP contribution in [0.4, 0.5) is 10.2 Å². The number of halogens is 1. The summed E-state index contributed by atoms with van der Waals surface area (Å²) in [6.07, 6.45) is 5.03. The monoisotopic (exact) mass is 392 g/mol. The van der Waals surface area contributed by atoms with Gasteiger partial charge in [0, 0.05) is 31.9 Å². The van der Waals surface area contributed by atoms with Crippen molar-refractivity contribution >= 4 is 11.3 Å². The van der Waals surface area contributed by atoms with Crippen LogP contribution < -0.4 is 4.90 Å². The van der Waals surface area contributed by atoms with Crippen molar-refractivity contribution in [1.82, 2.24) is 34.3 Å². The maximum Gasteiger partial charge on any atom is 0.158 e. The lowest BCUT2D eigenvalue weighted by Crippen LogP contribution is -2.38. The van der Waals surface area contributed by atoms with Crippen LogP contribution in [0.3, 0.4) is 0 Å². The lowest BCUT2D eigenvalue weighted by Gasteiger charge is -2.32. The minimum atomic E-state index is -1.06. The zero-order chi connectivity index (χ0) is 20.1. The van der Waals surface area contributed by atoms with E-state index < -0.39 is 6.17 Å². The highest BCUT2D eigenvalue weighted by molar-refractivity contribution is 5.91. The van der Waals surface area contributed by atoms with Gasteiger partial charge in [0.15, 0.2) is 5.82 Å². The van der Waals surface area contributed by atoms with E-state index in [0.717, 1.165) is 53.6 Å². The molecule has 9 heteroatoms. The zero-order valence-electron chi connectivity index (χ0n) is 16.5. The first-order valence-electron chi connectivity index (χ1n) is 9.62. The minimum Gasteiger partial charge on any atom is -0.355 e. The quantitative estimate of drug-likeness (QED) is 0.531. The van der Waals surface area contributed by atoms with E-state index in [2.05, 4.69) is 25.1 Å². The summed E-state index contributed by atoms with van der Waals surface area (Å²) in [6, 6.07) is 3.58. The molecule has 0 bridgehead atoms. The van der Waals surface area contributed by atoms with Crippen LogP contribution in [0.5, 0.6) is 0 Å². The number of hydrogen-bond acceptors (Lipinski definition) is 6. The predicted octanol–water partition coefficient (Wildman–Crippen LogP) is 3.14. The number of aromatic nitrogens is 7. The fourth-order valence-corrected chi connectivity index (χ4v) is 3.70. The first-order chi connectivity index (χ1) is 14.0. The second-order valence-electron chi connectivity index (χ2n) is 7.32. The van der Waals surface area contributed by atoms with Crippen LogP contribution in [0.15, 0.2) is 30.9 Å². The molecule has 1 fully saturated rings. The Morgan fingerprint density at radius 1 is 1.10 bits per heavy atom. The molecule has 5 heterocycles. The molecule has 1 atom stereocenters. The minimum absolute atomic E-state index is 0.550. The van der Waals surface area contributed by atoms with Crippen molar-refractivity contribution in [3.05, 3.63) is 42.2 Å². The number of pyridine rings is 1. The fourth-order valence-electron chi connectivity index (χ4n) is 3.70. The van der Waals surface area contributed by atoms with E-state index >= 15 is 0 Å². The van der Waals surface area contributed by atoms with Gasteiger partial charge in [0.1, 0.15) is 29.5 Å². The smallest absolute Gasteiger partial charge is 0.158 e. The third kappa shape index (κ3) is 2.76. The lowest BCUT2D eigenvalue weighted by molar-refractivity contribution is 0.373. The zero-order valence-corrected chi connectivity index (χ0v) is 16.5. The second kappa shape index (κ2) is 6.61. The summed E-state index contributed by atoms with van der Waals surface area (Å²) in [6.45, 7) is 5.37. The normalized spacial score (nSPS) is 15.0. The molecular formula is C20H21FN8.